The Labute approximate surface area is 124 Å². The van der Waals surface area contributed by atoms with Gasteiger partial charge in [-0.25, -0.2) is 0 Å². The highest BCUT2D eigenvalue weighted by Crippen LogP contribution is 2.29. The Morgan fingerprint density at radius 1 is 1.24 bits per heavy atom. The third kappa shape index (κ3) is 2.43. The summed E-state index contributed by atoms with van der Waals surface area (Å²) >= 11 is 1.57. The van der Waals surface area contributed by atoms with Crippen LogP contribution in [0, 0.1) is 6.92 Å². The Morgan fingerprint density at radius 2 is 2.05 bits per heavy atom. The Kier molecular flexibility index (Phi) is 3.27. The number of benzene rings is 1. The van der Waals surface area contributed by atoms with E-state index in [0.29, 0.717) is 11.3 Å². The zero-order valence-corrected chi connectivity index (χ0v) is 12.0. The highest BCUT2D eigenvalue weighted by atomic mass is 32.1. The topological polar surface area (TPSA) is 70.7 Å². The van der Waals surface area contributed by atoms with Gasteiger partial charge in [0.1, 0.15) is 28.2 Å². The lowest BCUT2D eigenvalue weighted by atomic mass is 10.1. The van der Waals surface area contributed by atoms with Crippen molar-refractivity contribution >= 4 is 34.5 Å². The number of hydrogen-bond acceptors (Lipinski definition) is 5. The first-order valence-corrected chi connectivity index (χ1v) is 7.15. The molecule has 0 aliphatic rings. The molecule has 21 heavy (non-hydrogen) atoms. The molecule has 106 valence electrons. The van der Waals surface area contributed by atoms with Crippen LogP contribution in [0.5, 0.6) is 11.5 Å². The van der Waals surface area contributed by atoms with Gasteiger partial charge in [0, 0.05) is 22.6 Å². The van der Waals surface area contributed by atoms with Crippen molar-refractivity contribution in [1.82, 2.24) is 0 Å². The fourth-order valence-electron chi connectivity index (χ4n) is 2.09. The van der Waals surface area contributed by atoms with E-state index in [1.165, 1.54) is 6.07 Å². The molecule has 2 heterocycles. The number of fused-ring (bicyclic) bond motifs is 1. The number of phenols is 2. The first-order valence-electron chi connectivity index (χ1n) is 6.27. The minimum Gasteiger partial charge on any atom is -0.508 e. The average molecular weight is 300 g/mol. The van der Waals surface area contributed by atoms with Gasteiger partial charge in [0.2, 0.25) is 0 Å². The molecule has 3 aromatic rings. The number of rotatable bonds is 2. The normalized spacial score (nSPS) is 11.5. The van der Waals surface area contributed by atoms with Crippen LogP contribution in [-0.4, -0.2) is 10.2 Å². The maximum Gasteiger partial charge on any atom is 0.199 e. The van der Waals surface area contributed by atoms with Crippen molar-refractivity contribution in [2.45, 2.75) is 6.92 Å². The molecule has 1 aromatic carbocycles. The first kappa shape index (κ1) is 13.5. The van der Waals surface area contributed by atoms with Crippen LogP contribution in [0.3, 0.4) is 0 Å². The van der Waals surface area contributed by atoms with Gasteiger partial charge in [-0.1, -0.05) is 6.07 Å². The van der Waals surface area contributed by atoms with Crippen LogP contribution in [-0.2, 0) is 0 Å². The molecule has 0 radical (unpaired) electrons. The average Bonchev–Trinajstić information content (AvgIpc) is 2.93. The highest BCUT2D eigenvalue weighted by molar-refractivity contribution is 7.10. The van der Waals surface area contributed by atoms with Gasteiger partial charge in [0.25, 0.3) is 0 Å². The van der Waals surface area contributed by atoms with Gasteiger partial charge < -0.3 is 14.6 Å². The second kappa shape index (κ2) is 5.10. The predicted octanol–water partition coefficient (Wildman–Crippen LogP) is 3.74. The van der Waals surface area contributed by atoms with E-state index in [9.17, 15) is 15.0 Å². The molecule has 0 spiro atoms. The van der Waals surface area contributed by atoms with E-state index in [0.717, 1.165) is 10.9 Å². The lowest BCUT2D eigenvalue weighted by Crippen LogP contribution is -2.07. The van der Waals surface area contributed by atoms with Gasteiger partial charge >= 0.3 is 0 Å². The molecular weight excluding hydrogens is 288 g/mol. The Hall–Kier alpha value is -2.53. The molecule has 0 bridgehead atoms. The van der Waals surface area contributed by atoms with E-state index in [4.69, 9.17) is 4.42 Å². The lowest BCUT2D eigenvalue weighted by molar-refractivity contribution is 0.451. The summed E-state index contributed by atoms with van der Waals surface area (Å²) in [6.45, 7) is 1.64. The maximum absolute atomic E-state index is 12.3. The van der Waals surface area contributed by atoms with Crippen LogP contribution in [0.25, 0.3) is 23.1 Å². The SMILES string of the molecule is Cc1c(/C=C/c2cccs2)oc2cc(O)cc(O)c2c1=O. The molecule has 4 nitrogen and oxygen atoms in total. The Balaban J connectivity index is 2.21. The molecule has 0 atom stereocenters. The Morgan fingerprint density at radius 3 is 2.76 bits per heavy atom. The molecule has 0 saturated carbocycles. The summed E-state index contributed by atoms with van der Waals surface area (Å²) in [5.74, 6) is -0.0262. The molecule has 5 heteroatoms. The van der Waals surface area contributed by atoms with Gasteiger partial charge in [0.15, 0.2) is 5.43 Å². The van der Waals surface area contributed by atoms with Gasteiger partial charge in [-0.05, 0) is 30.5 Å². The quantitative estimate of drug-likeness (QED) is 0.756. The molecule has 0 amide bonds. The van der Waals surface area contributed by atoms with Crippen LogP contribution in [0.1, 0.15) is 16.2 Å². The van der Waals surface area contributed by atoms with E-state index in [2.05, 4.69) is 0 Å². The van der Waals surface area contributed by atoms with Gasteiger partial charge in [-0.3, -0.25) is 4.79 Å². The van der Waals surface area contributed by atoms with Gasteiger partial charge in [-0.15, -0.1) is 11.3 Å². The minimum atomic E-state index is -0.306. The first-order chi connectivity index (χ1) is 10.1. The smallest absolute Gasteiger partial charge is 0.199 e. The summed E-state index contributed by atoms with van der Waals surface area (Å²) < 4.78 is 5.63. The second-order valence-corrected chi connectivity index (χ2v) is 5.59. The number of phenolic OH excluding ortho intramolecular Hbond substituents is 2. The largest absolute Gasteiger partial charge is 0.508 e. The van der Waals surface area contributed by atoms with E-state index in [-0.39, 0.29) is 27.9 Å². The van der Waals surface area contributed by atoms with E-state index < -0.39 is 0 Å². The second-order valence-electron chi connectivity index (χ2n) is 4.61. The predicted molar refractivity (Wildman–Crippen MR) is 83.8 cm³/mol. The third-order valence-corrected chi connectivity index (χ3v) is 4.00. The third-order valence-electron chi connectivity index (χ3n) is 3.17. The van der Waals surface area contributed by atoms with Crippen molar-refractivity contribution in [3.63, 3.8) is 0 Å². The van der Waals surface area contributed by atoms with Crippen LogP contribution in [0.4, 0.5) is 0 Å². The fraction of sp³-hybridized carbons (Fsp3) is 0.0625. The van der Waals surface area contributed by atoms with Crippen molar-refractivity contribution in [1.29, 1.82) is 0 Å². The van der Waals surface area contributed by atoms with Crippen molar-refractivity contribution in [3.8, 4) is 11.5 Å². The molecule has 0 unspecified atom stereocenters. The standard InChI is InChI=1S/C16H12O4S/c1-9-13(5-4-11-3-2-6-21-11)20-14-8-10(17)7-12(18)15(14)16(9)19/h2-8,17-18H,1H3/b5-4+. The van der Waals surface area contributed by atoms with Crippen molar-refractivity contribution in [2.24, 2.45) is 0 Å². The van der Waals surface area contributed by atoms with Crippen LogP contribution < -0.4 is 5.43 Å². The maximum atomic E-state index is 12.3. The Bertz CT molecular complexity index is 889. The van der Waals surface area contributed by atoms with Crippen molar-refractivity contribution in [3.05, 3.63) is 56.1 Å². The molecule has 0 aliphatic carbocycles. The minimum absolute atomic E-state index is 0.0820. The van der Waals surface area contributed by atoms with Crippen LogP contribution >= 0.6 is 11.3 Å². The van der Waals surface area contributed by atoms with Crippen molar-refractivity contribution < 1.29 is 14.6 Å². The summed E-state index contributed by atoms with van der Waals surface area (Å²) in [5, 5.41) is 21.3. The summed E-state index contributed by atoms with van der Waals surface area (Å²) in [5.41, 5.74) is 0.268. The van der Waals surface area contributed by atoms with E-state index in [1.54, 1.807) is 24.3 Å². The fourth-order valence-corrected chi connectivity index (χ4v) is 2.71. The number of aromatic hydroxyl groups is 2. The van der Waals surface area contributed by atoms with Crippen LogP contribution in [0.15, 0.2) is 38.9 Å². The molecule has 0 aliphatic heterocycles. The van der Waals surface area contributed by atoms with E-state index in [1.807, 2.05) is 23.6 Å². The summed E-state index contributed by atoms with van der Waals surface area (Å²) in [7, 11) is 0. The zero-order chi connectivity index (χ0) is 15.0. The molecule has 2 aromatic heterocycles. The summed E-state index contributed by atoms with van der Waals surface area (Å²) in [4.78, 5) is 13.3. The molecule has 3 rings (SSSR count). The highest BCUT2D eigenvalue weighted by Gasteiger charge is 2.13. The van der Waals surface area contributed by atoms with Crippen molar-refractivity contribution in [2.75, 3.05) is 0 Å². The van der Waals surface area contributed by atoms with Crippen LogP contribution in [0.2, 0.25) is 0 Å². The lowest BCUT2D eigenvalue weighted by Gasteiger charge is -2.05. The van der Waals surface area contributed by atoms with Gasteiger partial charge in [-0.2, -0.15) is 0 Å². The van der Waals surface area contributed by atoms with Gasteiger partial charge in [0.05, 0.1) is 0 Å². The molecule has 0 saturated heterocycles. The summed E-state index contributed by atoms with van der Waals surface area (Å²) in [6.07, 6.45) is 3.56. The summed E-state index contributed by atoms with van der Waals surface area (Å²) in [6, 6.07) is 6.33. The van der Waals surface area contributed by atoms with E-state index >= 15 is 0 Å². The molecular formula is C16H12O4S. The zero-order valence-electron chi connectivity index (χ0n) is 11.2. The number of thiophene rings is 1. The molecule has 0 fully saturated rings. The molecule has 2 N–H and O–H groups in total. The number of hydrogen-bond donors (Lipinski definition) is 2. The monoisotopic (exact) mass is 300 g/mol.